The van der Waals surface area contributed by atoms with Gasteiger partial charge in [0, 0.05) is 17.3 Å². The number of fused-ring (bicyclic) bond motifs is 5. The Morgan fingerprint density at radius 3 is 2.41 bits per heavy atom. The summed E-state index contributed by atoms with van der Waals surface area (Å²) < 4.78 is 5.34. The molecule has 5 N–H and O–H groups in total. The molecule has 0 radical (unpaired) electrons. The number of cyclic esters (lactones) is 1. The van der Waals surface area contributed by atoms with E-state index in [9.17, 15) is 35.1 Å². The second-order valence-electron chi connectivity index (χ2n) is 13.7. The van der Waals surface area contributed by atoms with Gasteiger partial charge in [-0.3, -0.25) is 9.59 Å². The molecule has 0 aromatic heterocycles. The number of rotatable bonds is 4. The maximum absolute atomic E-state index is 13.3. The van der Waals surface area contributed by atoms with E-state index in [1.54, 1.807) is 19.9 Å². The van der Waals surface area contributed by atoms with Gasteiger partial charge in [0.1, 0.15) is 6.10 Å². The number of allylic oxidation sites excluding steroid dienone is 1. The second kappa shape index (κ2) is 8.59. The van der Waals surface area contributed by atoms with Crippen LogP contribution in [0.5, 0.6) is 0 Å². The highest BCUT2D eigenvalue weighted by atomic mass is 16.6. The Labute approximate surface area is 219 Å². The van der Waals surface area contributed by atoms with Gasteiger partial charge >= 0.3 is 5.97 Å². The van der Waals surface area contributed by atoms with Crippen LogP contribution < -0.4 is 0 Å². The number of carbonyl (C=O) groups excluding carboxylic acids is 2. The van der Waals surface area contributed by atoms with Crippen molar-refractivity contribution in [2.45, 2.75) is 115 Å². The number of hydrogen-bond acceptors (Lipinski definition) is 8. The minimum absolute atomic E-state index is 0.104. The molecule has 8 nitrogen and oxygen atoms in total. The number of carbonyl (C=O) groups is 2. The van der Waals surface area contributed by atoms with Crippen molar-refractivity contribution in [1.82, 2.24) is 0 Å². The summed E-state index contributed by atoms with van der Waals surface area (Å²) in [6.45, 7) is 9.21. The van der Waals surface area contributed by atoms with E-state index in [1.807, 2.05) is 20.8 Å². The molecule has 5 aliphatic rings. The van der Waals surface area contributed by atoms with E-state index in [-0.39, 0.29) is 48.5 Å². The Bertz CT molecular complexity index is 1010. The molecule has 1 heterocycles. The van der Waals surface area contributed by atoms with E-state index >= 15 is 0 Å². The number of hydrogen-bond donors (Lipinski definition) is 5. The topological polar surface area (TPSA) is 145 Å². The number of aliphatic hydroxyl groups is 5. The number of aliphatic hydroxyl groups excluding tert-OH is 3. The van der Waals surface area contributed by atoms with Crippen molar-refractivity contribution >= 4 is 11.8 Å². The van der Waals surface area contributed by atoms with Gasteiger partial charge in [-0.25, -0.2) is 0 Å². The predicted octanol–water partition coefficient (Wildman–Crippen LogP) is 1.89. The highest BCUT2D eigenvalue weighted by Crippen LogP contribution is 2.68. The molecule has 0 aromatic carbocycles. The summed E-state index contributed by atoms with van der Waals surface area (Å²) in [5, 5.41) is 56.2. The smallest absolute Gasteiger partial charge is 0.309 e. The summed E-state index contributed by atoms with van der Waals surface area (Å²) in [7, 11) is 0. The van der Waals surface area contributed by atoms with Gasteiger partial charge in [0.15, 0.2) is 5.78 Å². The van der Waals surface area contributed by atoms with E-state index in [0.29, 0.717) is 37.7 Å². The summed E-state index contributed by atoms with van der Waals surface area (Å²) in [6, 6.07) is 0. The van der Waals surface area contributed by atoms with Crippen molar-refractivity contribution in [3.8, 4) is 0 Å². The standard InChI is InChI=1S/C29H44O8/c1-14-16(15(2)37-25(14)34)10-24(33)28(5,35)23-7-9-29(36)18-11-20(30)19-12-21(31)22(32)13-26(19,3)17(18)6-8-27(23,29)4/h11,14-17,19,21-24,31-33,35-36H,6-10,12-13H2,1-5H3/t14-,15+,16-,17-,19-,21-,22+,23-,24+,26-,27-,28+,29+/m0/s1. The van der Waals surface area contributed by atoms with Crippen LogP contribution in [0.3, 0.4) is 0 Å². The summed E-state index contributed by atoms with van der Waals surface area (Å²) in [5.41, 5.74) is -3.47. The van der Waals surface area contributed by atoms with Crippen molar-refractivity contribution in [2.75, 3.05) is 0 Å². The van der Waals surface area contributed by atoms with Gasteiger partial charge in [0.25, 0.3) is 0 Å². The normalized spacial score (nSPS) is 51.9. The van der Waals surface area contributed by atoms with Crippen LogP contribution in [-0.2, 0) is 14.3 Å². The summed E-state index contributed by atoms with van der Waals surface area (Å²) in [4.78, 5) is 25.4. The van der Waals surface area contributed by atoms with Gasteiger partial charge in [0.2, 0.25) is 0 Å². The fourth-order valence-corrected chi connectivity index (χ4v) is 9.39. The maximum atomic E-state index is 13.3. The van der Waals surface area contributed by atoms with Gasteiger partial charge in [-0.05, 0) is 87.7 Å². The third-order valence-electron chi connectivity index (χ3n) is 11.9. The molecule has 1 aliphatic heterocycles. The quantitative estimate of drug-likeness (QED) is 0.354. The molecular formula is C29H44O8. The Morgan fingerprint density at radius 1 is 1.11 bits per heavy atom. The molecule has 0 unspecified atom stereocenters. The van der Waals surface area contributed by atoms with Crippen LogP contribution in [0.1, 0.15) is 79.6 Å². The van der Waals surface area contributed by atoms with Crippen LogP contribution in [0.15, 0.2) is 11.6 Å². The molecule has 0 aromatic rings. The predicted molar refractivity (Wildman–Crippen MR) is 134 cm³/mol. The lowest BCUT2D eigenvalue weighted by atomic mass is 9.45. The van der Waals surface area contributed by atoms with E-state index < -0.39 is 52.2 Å². The monoisotopic (exact) mass is 520 g/mol. The lowest BCUT2D eigenvalue weighted by molar-refractivity contribution is -0.178. The average molecular weight is 521 g/mol. The molecule has 37 heavy (non-hydrogen) atoms. The molecule has 13 atom stereocenters. The summed E-state index contributed by atoms with van der Waals surface area (Å²) in [6.07, 6.45) is 1.21. The average Bonchev–Trinajstić information content (AvgIpc) is 3.23. The molecule has 4 fully saturated rings. The summed E-state index contributed by atoms with van der Waals surface area (Å²) in [5.74, 6) is -1.88. The Hall–Kier alpha value is -1.32. The lowest BCUT2D eigenvalue weighted by Crippen LogP contribution is -2.63. The van der Waals surface area contributed by atoms with Crippen LogP contribution in [-0.4, -0.2) is 72.9 Å². The molecule has 4 aliphatic carbocycles. The van der Waals surface area contributed by atoms with E-state index in [1.165, 1.54) is 0 Å². The minimum atomic E-state index is -1.52. The van der Waals surface area contributed by atoms with Crippen molar-refractivity contribution in [2.24, 2.45) is 40.4 Å². The zero-order chi connectivity index (χ0) is 27.3. The third-order valence-corrected chi connectivity index (χ3v) is 11.9. The molecule has 208 valence electrons. The number of ether oxygens (including phenoxy) is 1. The van der Waals surface area contributed by atoms with Crippen molar-refractivity contribution in [1.29, 1.82) is 0 Å². The highest BCUT2D eigenvalue weighted by molar-refractivity contribution is 5.95. The van der Waals surface area contributed by atoms with Crippen LogP contribution in [0.25, 0.3) is 0 Å². The SMILES string of the molecule is C[C@@H]1C(=O)O[C@H](C)[C@H]1C[C@@H](O)[C@](C)(O)[C@H]1CC[C@@]2(O)C3=CC(=O)[C@@H]4C[C@H](O)[C@H](O)C[C@@]4(C)[C@H]3CC[C@@]12C. The van der Waals surface area contributed by atoms with Crippen LogP contribution in [0, 0.1) is 40.4 Å². The first-order valence-corrected chi connectivity index (χ1v) is 14.0. The van der Waals surface area contributed by atoms with Gasteiger partial charge in [0.05, 0.1) is 35.4 Å². The molecule has 8 heteroatoms. The molecular weight excluding hydrogens is 476 g/mol. The van der Waals surface area contributed by atoms with Crippen molar-refractivity contribution < 1.29 is 39.9 Å². The van der Waals surface area contributed by atoms with Crippen LogP contribution >= 0.6 is 0 Å². The highest BCUT2D eigenvalue weighted by Gasteiger charge is 2.69. The first kappa shape index (κ1) is 27.3. The van der Waals surface area contributed by atoms with Crippen LogP contribution in [0.4, 0.5) is 0 Å². The van der Waals surface area contributed by atoms with Crippen molar-refractivity contribution in [3.63, 3.8) is 0 Å². The molecule has 3 saturated carbocycles. The lowest BCUT2D eigenvalue weighted by Gasteiger charge is -2.60. The fourth-order valence-electron chi connectivity index (χ4n) is 9.39. The van der Waals surface area contributed by atoms with Gasteiger partial charge < -0.3 is 30.3 Å². The van der Waals surface area contributed by atoms with E-state index in [0.717, 1.165) is 0 Å². The zero-order valence-corrected chi connectivity index (χ0v) is 22.7. The van der Waals surface area contributed by atoms with Crippen molar-refractivity contribution in [3.05, 3.63) is 11.6 Å². The molecule has 0 bridgehead atoms. The van der Waals surface area contributed by atoms with E-state index in [4.69, 9.17) is 4.74 Å². The second-order valence-corrected chi connectivity index (χ2v) is 13.7. The number of esters is 1. The first-order chi connectivity index (χ1) is 17.1. The Balaban J connectivity index is 1.44. The number of ketones is 1. The largest absolute Gasteiger partial charge is 0.462 e. The van der Waals surface area contributed by atoms with Gasteiger partial charge in [-0.2, -0.15) is 0 Å². The Kier molecular flexibility index (Phi) is 6.33. The Morgan fingerprint density at radius 2 is 1.78 bits per heavy atom. The van der Waals surface area contributed by atoms with E-state index in [2.05, 4.69) is 0 Å². The minimum Gasteiger partial charge on any atom is -0.462 e. The fraction of sp³-hybridized carbons (Fsp3) is 0.862. The summed E-state index contributed by atoms with van der Waals surface area (Å²) >= 11 is 0. The molecule has 1 saturated heterocycles. The van der Waals surface area contributed by atoms with Gasteiger partial charge in [-0.15, -0.1) is 0 Å². The van der Waals surface area contributed by atoms with Crippen LogP contribution in [0.2, 0.25) is 0 Å². The van der Waals surface area contributed by atoms with Gasteiger partial charge in [-0.1, -0.05) is 20.8 Å². The molecule has 0 spiro atoms. The first-order valence-electron chi connectivity index (χ1n) is 14.0. The maximum Gasteiger partial charge on any atom is 0.309 e. The zero-order valence-electron chi connectivity index (χ0n) is 22.7. The molecule has 5 rings (SSSR count). The third kappa shape index (κ3) is 3.65. The molecule has 0 amide bonds.